The zero-order valence-corrected chi connectivity index (χ0v) is 13.5. The smallest absolute Gasteiger partial charge is 0.274 e. The van der Waals surface area contributed by atoms with Crippen LogP contribution >= 0.6 is 11.6 Å². The molecule has 5 heteroatoms. The monoisotopic (exact) mass is 297 g/mol. The Labute approximate surface area is 126 Å². The largest absolute Gasteiger partial charge is 0.337 e. The van der Waals surface area contributed by atoms with Crippen LogP contribution in [0.2, 0.25) is 5.15 Å². The number of rotatable bonds is 7. The van der Waals surface area contributed by atoms with Gasteiger partial charge in [-0.2, -0.15) is 0 Å². The van der Waals surface area contributed by atoms with Crippen LogP contribution in [0.15, 0.2) is 12.4 Å². The summed E-state index contributed by atoms with van der Waals surface area (Å²) < 4.78 is 0. The van der Waals surface area contributed by atoms with Crippen molar-refractivity contribution in [3.63, 3.8) is 0 Å². The molecule has 112 valence electrons. The summed E-state index contributed by atoms with van der Waals surface area (Å²) >= 11 is 5.80. The van der Waals surface area contributed by atoms with E-state index >= 15 is 0 Å². The van der Waals surface area contributed by atoms with Crippen molar-refractivity contribution in [1.82, 2.24) is 14.9 Å². The zero-order chi connectivity index (χ0) is 15.1. The number of nitrogens with zero attached hydrogens (tertiary/aromatic N) is 3. The molecule has 0 atom stereocenters. The maximum Gasteiger partial charge on any atom is 0.274 e. The Morgan fingerprint density at radius 3 is 2.15 bits per heavy atom. The van der Waals surface area contributed by atoms with Crippen molar-refractivity contribution in [2.24, 2.45) is 11.8 Å². The van der Waals surface area contributed by atoms with E-state index in [1.165, 1.54) is 12.4 Å². The van der Waals surface area contributed by atoms with E-state index in [2.05, 4.69) is 37.7 Å². The average molecular weight is 298 g/mol. The molecule has 0 aliphatic rings. The molecule has 1 aromatic rings. The van der Waals surface area contributed by atoms with Crippen molar-refractivity contribution in [2.75, 3.05) is 13.1 Å². The minimum Gasteiger partial charge on any atom is -0.337 e. The second-order valence-corrected chi connectivity index (χ2v) is 6.27. The van der Waals surface area contributed by atoms with Gasteiger partial charge < -0.3 is 4.90 Å². The molecule has 0 N–H and O–H groups in total. The van der Waals surface area contributed by atoms with Crippen LogP contribution in [0.1, 0.15) is 51.0 Å². The summed E-state index contributed by atoms with van der Waals surface area (Å²) in [5.74, 6) is 1.05. The first-order valence-corrected chi connectivity index (χ1v) is 7.54. The molecule has 0 aliphatic carbocycles. The fourth-order valence-corrected chi connectivity index (χ4v) is 1.90. The molecular formula is C15H24ClN3O. The third kappa shape index (κ3) is 5.87. The van der Waals surface area contributed by atoms with Crippen LogP contribution < -0.4 is 0 Å². The van der Waals surface area contributed by atoms with Crippen molar-refractivity contribution in [2.45, 2.75) is 40.5 Å². The summed E-state index contributed by atoms with van der Waals surface area (Å²) in [5.41, 5.74) is 0.324. The van der Waals surface area contributed by atoms with Gasteiger partial charge in [0.1, 0.15) is 10.8 Å². The minimum absolute atomic E-state index is 0.0821. The SMILES string of the molecule is CC(C)CCN(CCC(C)C)C(=O)c1cncc(Cl)n1. The molecule has 0 radical (unpaired) electrons. The highest BCUT2D eigenvalue weighted by Crippen LogP contribution is 2.11. The number of hydrogen-bond acceptors (Lipinski definition) is 3. The second kappa shape index (κ2) is 8.20. The van der Waals surface area contributed by atoms with Gasteiger partial charge in [0, 0.05) is 13.1 Å². The Bertz CT molecular complexity index is 423. The van der Waals surface area contributed by atoms with Crippen LogP contribution in [0.3, 0.4) is 0 Å². The molecule has 0 spiro atoms. The summed E-state index contributed by atoms with van der Waals surface area (Å²) in [6.45, 7) is 10.1. The molecule has 0 aromatic carbocycles. The fourth-order valence-electron chi connectivity index (χ4n) is 1.75. The van der Waals surface area contributed by atoms with E-state index in [0.29, 0.717) is 17.5 Å². The van der Waals surface area contributed by atoms with Gasteiger partial charge in [-0.25, -0.2) is 4.98 Å². The summed E-state index contributed by atoms with van der Waals surface area (Å²) in [6, 6.07) is 0. The number of carbonyl (C=O) groups is 1. The topological polar surface area (TPSA) is 46.1 Å². The quantitative estimate of drug-likeness (QED) is 0.771. The number of carbonyl (C=O) groups excluding carboxylic acids is 1. The average Bonchev–Trinajstić information content (AvgIpc) is 2.37. The van der Waals surface area contributed by atoms with E-state index in [1.807, 2.05) is 4.90 Å². The van der Waals surface area contributed by atoms with Gasteiger partial charge >= 0.3 is 0 Å². The summed E-state index contributed by atoms with van der Waals surface area (Å²) in [7, 11) is 0. The second-order valence-electron chi connectivity index (χ2n) is 5.88. The van der Waals surface area contributed by atoms with Crippen LogP contribution in [-0.4, -0.2) is 33.9 Å². The minimum atomic E-state index is -0.0821. The molecule has 4 nitrogen and oxygen atoms in total. The highest BCUT2D eigenvalue weighted by molar-refractivity contribution is 6.29. The van der Waals surface area contributed by atoms with E-state index in [4.69, 9.17) is 11.6 Å². The number of hydrogen-bond donors (Lipinski definition) is 0. The van der Waals surface area contributed by atoms with E-state index < -0.39 is 0 Å². The standard InChI is InChI=1S/C15H24ClN3O/c1-11(2)5-7-19(8-6-12(3)4)15(20)13-9-17-10-14(16)18-13/h9-12H,5-8H2,1-4H3. The fraction of sp³-hybridized carbons (Fsp3) is 0.667. The van der Waals surface area contributed by atoms with Crippen molar-refractivity contribution >= 4 is 17.5 Å². The van der Waals surface area contributed by atoms with Crippen LogP contribution in [0.5, 0.6) is 0 Å². The Hall–Kier alpha value is -1.16. The predicted octanol–water partition coefficient (Wildman–Crippen LogP) is 3.66. The van der Waals surface area contributed by atoms with Crippen LogP contribution in [0, 0.1) is 11.8 Å². The van der Waals surface area contributed by atoms with Gasteiger partial charge in [0.05, 0.1) is 12.4 Å². The van der Waals surface area contributed by atoms with Crippen LogP contribution in [0.25, 0.3) is 0 Å². The summed E-state index contributed by atoms with van der Waals surface area (Å²) in [5, 5.41) is 0.253. The first-order chi connectivity index (χ1) is 9.40. The molecule has 0 unspecified atom stereocenters. The normalized spacial score (nSPS) is 11.2. The summed E-state index contributed by atoms with van der Waals surface area (Å²) in [6.07, 6.45) is 4.88. The molecule has 1 heterocycles. The van der Waals surface area contributed by atoms with Crippen molar-refractivity contribution in [3.05, 3.63) is 23.2 Å². The molecular weight excluding hydrogens is 274 g/mol. The molecule has 1 amide bonds. The number of aromatic nitrogens is 2. The Kier molecular flexibility index (Phi) is 6.93. The summed E-state index contributed by atoms with van der Waals surface area (Å²) in [4.78, 5) is 22.3. The van der Waals surface area contributed by atoms with Crippen molar-refractivity contribution < 1.29 is 4.79 Å². The molecule has 0 aliphatic heterocycles. The van der Waals surface area contributed by atoms with Crippen LogP contribution in [-0.2, 0) is 0 Å². The Balaban J connectivity index is 2.76. The van der Waals surface area contributed by atoms with Gasteiger partial charge in [-0.05, 0) is 24.7 Å². The van der Waals surface area contributed by atoms with Gasteiger partial charge in [0.25, 0.3) is 5.91 Å². The lowest BCUT2D eigenvalue weighted by molar-refractivity contribution is 0.0734. The predicted molar refractivity (Wildman–Crippen MR) is 81.9 cm³/mol. The van der Waals surface area contributed by atoms with Crippen LogP contribution in [0.4, 0.5) is 0 Å². The first-order valence-electron chi connectivity index (χ1n) is 7.17. The highest BCUT2D eigenvalue weighted by atomic mass is 35.5. The third-order valence-corrected chi connectivity index (χ3v) is 3.25. The number of amides is 1. The molecule has 0 bridgehead atoms. The van der Waals surface area contributed by atoms with Gasteiger partial charge in [-0.3, -0.25) is 9.78 Å². The van der Waals surface area contributed by atoms with E-state index in [9.17, 15) is 4.79 Å². The highest BCUT2D eigenvalue weighted by Gasteiger charge is 2.18. The van der Waals surface area contributed by atoms with Crippen molar-refractivity contribution in [3.8, 4) is 0 Å². The van der Waals surface area contributed by atoms with Gasteiger partial charge in [0.2, 0.25) is 0 Å². The van der Waals surface area contributed by atoms with Gasteiger partial charge in [-0.1, -0.05) is 39.3 Å². The molecule has 20 heavy (non-hydrogen) atoms. The van der Waals surface area contributed by atoms with Gasteiger partial charge in [0.15, 0.2) is 0 Å². The lowest BCUT2D eigenvalue weighted by atomic mass is 10.1. The third-order valence-electron chi connectivity index (χ3n) is 3.06. The lowest BCUT2D eigenvalue weighted by Gasteiger charge is -2.24. The lowest BCUT2D eigenvalue weighted by Crippen LogP contribution is -2.34. The molecule has 0 saturated carbocycles. The van der Waals surface area contributed by atoms with Gasteiger partial charge in [-0.15, -0.1) is 0 Å². The van der Waals surface area contributed by atoms with Crippen molar-refractivity contribution in [1.29, 1.82) is 0 Å². The molecule has 1 rings (SSSR count). The number of halogens is 1. The molecule has 0 fully saturated rings. The Morgan fingerprint density at radius 1 is 1.15 bits per heavy atom. The van der Waals surface area contributed by atoms with E-state index in [1.54, 1.807) is 0 Å². The zero-order valence-electron chi connectivity index (χ0n) is 12.8. The maximum atomic E-state index is 12.5. The molecule has 1 aromatic heterocycles. The van der Waals surface area contributed by atoms with E-state index in [-0.39, 0.29) is 11.1 Å². The maximum absolute atomic E-state index is 12.5. The molecule has 0 saturated heterocycles. The first kappa shape index (κ1) is 16.9. The van der Waals surface area contributed by atoms with E-state index in [0.717, 1.165) is 25.9 Å². The Morgan fingerprint density at radius 2 is 1.70 bits per heavy atom.